The maximum atomic E-state index is 11.7. The third kappa shape index (κ3) is 3.47. The molecule has 0 aliphatic rings. The zero-order valence-corrected chi connectivity index (χ0v) is 13.2. The van der Waals surface area contributed by atoms with Gasteiger partial charge in [-0.05, 0) is 27.7 Å². The summed E-state index contributed by atoms with van der Waals surface area (Å²) >= 11 is 1.34. The van der Waals surface area contributed by atoms with E-state index in [1.54, 1.807) is 26.3 Å². The van der Waals surface area contributed by atoms with Crippen LogP contribution >= 0.6 is 11.3 Å². The minimum Gasteiger partial charge on any atom is -0.481 e. The third-order valence-electron chi connectivity index (χ3n) is 3.20. The Morgan fingerprint density at radius 3 is 2.45 bits per heavy atom. The van der Waals surface area contributed by atoms with Gasteiger partial charge in [0.15, 0.2) is 5.13 Å². The Morgan fingerprint density at radius 2 is 1.95 bits per heavy atom. The number of carboxylic acid groups (broad SMARTS) is 1. The van der Waals surface area contributed by atoms with E-state index in [-0.39, 0.29) is 5.91 Å². The molecule has 1 heterocycles. The van der Waals surface area contributed by atoms with E-state index in [0.29, 0.717) is 17.4 Å². The Balaban J connectivity index is 2.75. The van der Waals surface area contributed by atoms with Gasteiger partial charge in [-0.3, -0.25) is 9.59 Å². The monoisotopic (exact) mass is 299 g/mol. The Kier molecular flexibility index (Phi) is 4.75. The maximum Gasteiger partial charge on any atom is 0.315 e. The molecule has 0 spiro atoms. The smallest absolute Gasteiger partial charge is 0.315 e. The molecule has 0 bridgehead atoms. The molecule has 1 rings (SSSR count). The van der Waals surface area contributed by atoms with Crippen LogP contribution in [0.3, 0.4) is 0 Å². The number of carboxylic acids is 1. The number of aromatic nitrogens is 1. The summed E-state index contributed by atoms with van der Waals surface area (Å²) < 4.78 is 0. The molecule has 7 heteroatoms. The van der Waals surface area contributed by atoms with Gasteiger partial charge in [0.1, 0.15) is 5.41 Å². The highest BCUT2D eigenvalue weighted by molar-refractivity contribution is 7.13. The average Bonchev–Trinajstić information content (AvgIpc) is 2.84. The summed E-state index contributed by atoms with van der Waals surface area (Å²) in [4.78, 5) is 27.1. The van der Waals surface area contributed by atoms with Crippen molar-refractivity contribution in [1.82, 2.24) is 10.3 Å². The van der Waals surface area contributed by atoms with E-state index >= 15 is 0 Å². The lowest BCUT2D eigenvalue weighted by Crippen LogP contribution is -2.39. The van der Waals surface area contributed by atoms with Crippen LogP contribution in [0.25, 0.3) is 0 Å². The molecule has 0 radical (unpaired) electrons. The highest BCUT2D eigenvalue weighted by Gasteiger charge is 2.32. The molecule has 6 nitrogen and oxygen atoms in total. The summed E-state index contributed by atoms with van der Waals surface area (Å²) in [5.74, 6) is -0.979. The molecule has 0 saturated heterocycles. The van der Waals surface area contributed by atoms with Crippen LogP contribution in [0.1, 0.15) is 33.4 Å². The van der Waals surface area contributed by atoms with Crippen molar-refractivity contribution in [2.45, 2.75) is 33.1 Å². The molecular weight excluding hydrogens is 278 g/mol. The number of hydrogen-bond donors (Lipinski definition) is 3. The fourth-order valence-corrected chi connectivity index (χ4v) is 2.34. The van der Waals surface area contributed by atoms with Crippen molar-refractivity contribution in [3.63, 3.8) is 0 Å². The summed E-state index contributed by atoms with van der Waals surface area (Å²) in [5.41, 5.74) is -1.08. The van der Waals surface area contributed by atoms with Gasteiger partial charge in [0.2, 0.25) is 5.91 Å². The minimum absolute atomic E-state index is 0.0624. The molecule has 1 aromatic rings. The molecule has 0 fully saturated rings. The number of hydrogen-bond acceptors (Lipinski definition) is 5. The lowest BCUT2D eigenvalue weighted by Gasteiger charge is -2.22. The predicted octanol–water partition coefficient (Wildman–Crippen LogP) is 1.69. The number of nitrogens with zero attached hydrogens (tertiary/aromatic N) is 1. The molecule has 1 aromatic heterocycles. The summed E-state index contributed by atoms with van der Waals surface area (Å²) in [7, 11) is 1.60. The maximum absolute atomic E-state index is 11.7. The van der Waals surface area contributed by atoms with E-state index in [4.69, 9.17) is 5.11 Å². The number of rotatable bonds is 6. The van der Waals surface area contributed by atoms with Crippen LogP contribution in [0, 0.1) is 5.41 Å². The van der Waals surface area contributed by atoms with Crippen molar-refractivity contribution < 1.29 is 14.7 Å². The number of aliphatic carboxylic acids is 1. The summed E-state index contributed by atoms with van der Waals surface area (Å²) in [6.45, 7) is 7.31. The Morgan fingerprint density at radius 1 is 1.35 bits per heavy atom. The first kappa shape index (κ1) is 16.4. The summed E-state index contributed by atoms with van der Waals surface area (Å²) in [5, 5.41) is 17.2. The average molecular weight is 299 g/mol. The fraction of sp³-hybridized carbons (Fsp3) is 0.615. The lowest BCUT2D eigenvalue weighted by molar-refractivity contribution is -0.142. The Bertz CT molecular complexity index is 509. The standard InChI is InChI=1S/C13H21N3O3S/c1-12(2,9(17)14-5)7-15-11-16-8(6-20-11)13(3,4)10(18)19/h6H,7H2,1-5H3,(H,14,17)(H,15,16)(H,18,19). The van der Waals surface area contributed by atoms with Crippen LogP contribution in [0.2, 0.25) is 0 Å². The van der Waals surface area contributed by atoms with Crippen LogP contribution in [-0.4, -0.2) is 35.6 Å². The quantitative estimate of drug-likeness (QED) is 0.743. The number of anilines is 1. The van der Waals surface area contributed by atoms with Gasteiger partial charge >= 0.3 is 5.97 Å². The van der Waals surface area contributed by atoms with Crippen LogP contribution in [0.15, 0.2) is 5.38 Å². The molecule has 112 valence electrons. The van der Waals surface area contributed by atoms with Crippen molar-refractivity contribution in [2.24, 2.45) is 5.41 Å². The van der Waals surface area contributed by atoms with E-state index in [1.165, 1.54) is 11.3 Å². The highest BCUT2D eigenvalue weighted by Crippen LogP contribution is 2.28. The van der Waals surface area contributed by atoms with Crippen molar-refractivity contribution in [2.75, 3.05) is 18.9 Å². The van der Waals surface area contributed by atoms with Gasteiger partial charge in [0.05, 0.1) is 11.1 Å². The fourth-order valence-electron chi connectivity index (χ4n) is 1.47. The molecule has 0 atom stereocenters. The Labute approximate surface area is 122 Å². The molecule has 0 aliphatic carbocycles. The summed E-state index contributed by atoms with van der Waals surface area (Å²) in [6, 6.07) is 0. The van der Waals surface area contributed by atoms with Crippen molar-refractivity contribution >= 4 is 28.3 Å². The second kappa shape index (κ2) is 5.78. The highest BCUT2D eigenvalue weighted by atomic mass is 32.1. The van der Waals surface area contributed by atoms with Crippen LogP contribution in [0.5, 0.6) is 0 Å². The van der Waals surface area contributed by atoms with Gasteiger partial charge in [-0.1, -0.05) is 0 Å². The van der Waals surface area contributed by atoms with E-state index in [0.717, 1.165) is 0 Å². The van der Waals surface area contributed by atoms with Gasteiger partial charge in [0.25, 0.3) is 0 Å². The van der Waals surface area contributed by atoms with E-state index < -0.39 is 16.8 Å². The number of carbonyl (C=O) groups is 2. The van der Waals surface area contributed by atoms with Gasteiger partial charge < -0.3 is 15.7 Å². The Hall–Kier alpha value is -1.63. The minimum atomic E-state index is -1.02. The van der Waals surface area contributed by atoms with E-state index in [1.807, 2.05) is 13.8 Å². The number of amides is 1. The second-order valence-electron chi connectivity index (χ2n) is 5.78. The zero-order chi connectivity index (χ0) is 15.6. The number of thiazole rings is 1. The van der Waals surface area contributed by atoms with Crippen LogP contribution < -0.4 is 10.6 Å². The molecule has 0 saturated carbocycles. The normalized spacial score (nSPS) is 12.1. The summed E-state index contributed by atoms with van der Waals surface area (Å²) in [6.07, 6.45) is 0. The first-order chi connectivity index (χ1) is 9.11. The first-order valence-electron chi connectivity index (χ1n) is 6.26. The number of carbonyl (C=O) groups excluding carboxylic acids is 1. The SMILES string of the molecule is CNC(=O)C(C)(C)CNc1nc(C(C)(C)C(=O)O)cs1. The first-order valence-corrected chi connectivity index (χ1v) is 7.14. The van der Waals surface area contributed by atoms with Crippen molar-refractivity contribution in [3.8, 4) is 0 Å². The molecule has 3 N–H and O–H groups in total. The third-order valence-corrected chi connectivity index (χ3v) is 4.00. The van der Waals surface area contributed by atoms with Gasteiger partial charge in [-0.25, -0.2) is 4.98 Å². The number of nitrogens with one attached hydrogen (secondary N) is 2. The van der Waals surface area contributed by atoms with Crippen molar-refractivity contribution in [3.05, 3.63) is 11.1 Å². The molecule has 0 aliphatic heterocycles. The van der Waals surface area contributed by atoms with Gasteiger partial charge in [-0.2, -0.15) is 0 Å². The molecule has 0 unspecified atom stereocenters. The molecule has 0 aromatic carbocycles. The topological polar surface area (TPSA) is 91.3 Å². The van der Waals surface area contributed by atoms with E-state index in [9.17, 15) is 9.59 Å². The van der Waals surface area contributed by atoms with Crippen LogP contribution in [0.4, 0.5) is 5.13 Å². The molecular formula is C13H21N3O3S. The van der Waals surface area contributed by atoms with Crippen LogP contribution in [-0.2, 0) is 15.0 Å². The van der Waals surface area contributed by atoms with Gasteiger partial charge in [-0.15, -0.1) is 11.3 Å². The zero-order valence-electron chi connectivity index (χ0n) is 12.4. The van der Waals surface area contributed by atoms with Gasteiger partial charge in [0, 0.05) is 19.0 Å². The van der Waals surface area contributed by atoms with Crippen molar-refractivity contribution in [1.29, 1.82) is 0 Å². The van der Waals surface area contributed by atoms with E-state index in [2.05, 4.69) is 15.6 Å². The lowest BCUT2D eigenvalue weighted by atomic mass is 9.90. The molecule has 1 amide bonds. The molecule has 20 heavy (non-hydrogen) atoms. The largest absolute Gasteiger partial charge is 0.481 e. The second-order valence-corrected chi connectivity index (χ2v) is 6.64. The predicted molar refractivity (Wildman–Crippen MR) is 79.1 cm³/mol.